The maximum Gasteiger partial charge on any atom is 0.271 e. The first-order valence-electron chi connectivity index (χ1n) is 8.71. The molecule has 28 heavy (non-hydrogen) atoms. The summed E-state index contributed by atoms with van der Waals surface area (Å²) in [4.78, 5) is 24.2. The number of aryl methyl sites for hydroxylation is 1. The number of anilines is 1. The van der Waals surface area contributed by atoms with Gasteiger partial charge in [0.15, 0.2) is 11.0 Å². The minimum Gasteiger partial charge on any atom is -0.507 e. The Balaban J connectivity index is 1.79. The fourth-order valence-electron chi connectivity index (χ4n) is 2.79. The van der Waals surface area contributed by atoms with Crippen molar-refractivity contribution in [2.45, 2.75) is 6.92 Å². The Bertz CT molecular complexity index is 1090. The van der Waals surface area contributed by atoms with Crippen molar-refractivity contribution in [3.63, 3.8) is 0 Å². The summed E-state index contributed by atoms with van der Waals surface area (Å²) >= 11 is 1.26. The van der Waals surface area contributed by atoms with E-state index in [1.165, 1.54) is 11.8 Å². The van der Waals surface area contributed by atoms with E-state index in [0.29, 0.717) is 21.5 Å². The van der Waals surface area contributed by atoms with E-state index in [-0.39, 0.29) is 11.7 Å². The van der Waals surface area contributed by atoms with E-state index in [1.54, 1.807) is 35.2 Å². The Hall–Kier alpha value is -3.38. The second kappa shape index (κ2) is 7.70. The van der Waals surface area contributed by atoms with Gasteiger partial charge in [-0.15, -0.1) is 0 Å². The van der Waals surface area contributed by atoms with Gasteiger partial charge in [-0.2, -0.15) is 0 Å². The van der Waals surface area contributed by atoms with Crippen molar-refractivity contribution in [1.82, 2.24) is 4.98 Å². The number of amidine groups is 1. The van der Waals surface area contributed by atoms with Crippen LogP contribution < -0.4 is 4.90 Å². The van der Waals surface area contributed by atoms with Crippen LogP contribution in [0.5, 0.6) is 5.75 Å². The first-order valence-corrected chi connectivity index (χ1v) is 9.53. The summed E-state index contributed by atoms with van der Waals surface area (Å²) in [7, 11) is 0. The molecule has 1 aliphatic rings. The number of aromatic nitrogens is 1. The third-order valence-corrected chi connectivity index (χ3v) is 5.10. The van der Waals surface area contributed by atoms with Gasteiger partial charge in [0.2, 0.25) is 0 Å². The molecule has 0 bridgehead atoms. The molecule has 0 spiro atoms. The van der Waals surface area contributed by atoms with Gasteiger partial charge in [0, 0.05) is 11.3 Å². The molecule has 0 unspecified atom stereocenters. The predicted octanol–water partition coefficient (Wildman–Crippen LogP) is 4.90. The molecule has 5 nitrogen and oxygen atoms in total. The number of thioether (sulfide) groups is 1. The van der Waals surface area contributed by atoms with Gasteiger partial charge in [0.1, 0.15) is 5.75 Å². The summed E-state index contributed by atoms with van der Waals surface area (Å²) in [6.07, 6.45) is 1.68. The van der Waals surface area contributed by atoms with Crippen molar-refractivity contribution >= 4 is 40.4 Å². The molecule has 4 rings (SSSR count). The molecule has 1 fully saturated rings. The number of phenolic OH excluding ortho intramolecular Hbond substituents is 1. The van der Waals surface area contributed by atoms with Crippen LogP contribution in [0.25, 0.3) is 6.08 Å². The Kier molecular flexibility index (Phi) is 4.95. The molecule has 1 N–H and O–H groups in total. The fraction of sp³-hybridized carbons (Fsp3) is 0.0455. The van der Waals surface area contributed by atoms with Crippen LogP contribution in [-0.4, -0.2) is 21.2 Å². The molecule has 1 amide bonds. The van der Waals surface area contributed by atoms with Crippen LogP contribution in [0.2, 0.25) is 0 Å². The summed E-state index contributed by atoms with van der Waals surface area (Å²) in [6.45, 7) is 1.90. The molecule has 3 aromatic rings. The van der Waals surface area contributed by atoms with E-state index in [1.807, 2.05) is 55.5 Å². The number of hydrogen-bond donors (Lipinski definition) is 1. The molecule has 1 aromatic heterocycles. The highest BCUT2D eigenvalue weighted by molar-refractivity contribution is 8.19. The topological polar surface area (TPSA) is 65.8 Å². The average Bonchev–Trinajstić information content (AvgIpc) is 2.99. The van der Waals surface area contributed by atoms with Crippen LogP contribution in [0.1, 0.15) is 11.3 Å². The SMILES string of the molecule is Cc1cccc(/N=C2/S/C(=C\c3ccccc3O)C(=O)N2c2ccccc2)n1. The first-order chi connectivity index (χ1) is 13.6. The molecule has 0 radical (unpaired) electrons. The van der Waals surface area contributed by atoms with Crippen LogP contribution in [0.15, 0.2) is 82.7 Å². The number of phenols is 1. The lowest BCUT2D eigenvalue weighted by Gasteiger charge is -2.15. The highest BCUT2D eigenvalue weighted by atomic mass is 32.2. The van der Waals surface area contributed by atoms with E-state index in [0.717, 1.165) is 11.4 Å². The zero-order valence-electron chi connectivity index (χ0n) is 15.1. The minimum atomic E-state index is -0.189. The van der Waals surface area contributed by atoms with E-state index < -0.39 is 0 Å². The molecule has 0 saturated carbocycles. The van der Waals surface area contributed by atoms with Crippen molar-refractivity contribution in [2.24, 2.45) is 4.99 Å². The summed E-state index contributed by atoms with van der Waals surface area (Å²) < 4.78 is 0. The van der Waals surface area contributed by atoms with Crippen LogP contribution in [0.3, 0.4) is 0 Å². The van der Waals surface area contributed by atoms with Crippen molar-refractivity contribution in [3.05, 3.63) is 89.0 Å². The number of pyridine rings is 1. The van der Waals surface area contributed by atoms with E-state index in [4.69, 9.17) is 0 Å². The lowest BCUT2D eigenvalue weighted by Crippen LogP contribution is -2.28. The summed E-state index contributed by atoms with van der Waals surface area (Å²) in [5.41, 5.74) is 2.17. The zero-order valence-corrected chi connectivity index (χ0v) is 15.9. The summed E-state index contributed by atoms with van der Waals surface area (Å²) in [5, 5.41) is 10.6. The number of hydrogen-bond acceptors (Lipinski definition) is 5. The number of carbonyl (C=O) groups excluding carboxylic acids is 1. The van der Waals surface area contributed by atoms with Crippen molar-refractivity contribution < 1.29 is 9.90 Å². The van der Waals surface area contributed by atoms with E-state index in [9.17, 15) is 9.90 Å². The third-order valence-electron chi connectivity index (χ3n) is 4.13. The number of benzene rings is 2. The maximum absolute atomic E-state index is 13.1. The molecule has 6 heteroatoms. The van der Waals surface area contributed by atoms with E-state index >= 15 is 0 Å². The number of aromatic hydroxyl groups is 1. The third kappa shape index (κ3) is 3.68. The molecule has 2 heterocycles. The Morgan fingerprint density at radius 3 is 2.50 bits per heavy atom. The van der Waals surface area contributed by atoms with Crippen LogP contribution in [0.4, 0.5) is 11.5 Å². The molecule has 0 atom stereocenters. The molecule has 2 aromatic carbocycles. The highest BCUT2D eigenvalue weighted by Gasteiger charge is 2.35. The number of rotatable bonds is 3. The van der Waals surface area contributed by atoms with Gasteiger partial charge in [-0.3, -0.25) is 9.69 Å². The van der Waals surface area contributed by atoms with Crippen molar-refractivity contribution in [1.29, 1.82) is 0 Å². The highest BCUT2D eigenvalue weighted by Crippen LogP contribution is 2.37. The second-order valence-electron chi connectivity index (χ2n) is 6.18. The van der Waals surface area contributed by atoms with Gasteiger partial charge < -0.3 is 5.11 Å². The van der Waals surface area contributed by atoms with Crippen LogP contribution in [-0.2, 0) is 4.79 Å². The fourth-order valence-corrected chi connectivity index (χ4v) is 3.77. The Morgan fingerprint density at radius 1 is 1.00 bits per heavy atom. The average molecular weight is 387 g/mol. The summed E-state index contributed by atoms with van der Waals surface area (Å²) in [6, 6.07) is 21.9. The van der Waals surface area contributed by atoms with Gasteiger partial charge in [0.05, 0.1) is 10.6 Å². The number of carbonyl (C=O) groups is 1. The number of nitrogens with zero attached hydrogens (tertiary/aromatic N) is 3. The van der Waals surface area contributed by atoms with Gasteiger partial charge in [-0.05, 0) is 55.1 Å². The smallest absolute Gasteiger partial charge is 0.271 e. The quantitative estimate of drug-likeness (QED) is 0.649. The number of aliphatic imine (C=N–C) groups is 1. The standard InChI is InChI=1S/C22H17N3O2S/c1-15-8-7-13-20(23-15)24-22-25(17-10-3-2-4-11-17)21(27)19(28-22)14-16-9-5-6-12-18(16)26/h2-14,26H,1H3/b19-14-,24-22+. The molecule has 1 saturated heterocycles. The molecule has 0 aliphatic carbocycles. The maximum atomic E-state index is 13.1. The van der Waals surface area contributed by atoms with Crippen LogP contribution in [0, 0.1) is 6.92 Å². The Morgan fingerprint density at radius 2 is 1.75 bits per heavy atom. The van der Waals surface area contributed by atoms with Gasteiger partial charge in [0.25, 0.3) is 5.91 Å². The Labute approximate surface area is 167 Å². The largest absolute Gasteiger partial charge is 0.507 e. The molecular weight excluding hydrogens is 370 g/mol. The monoisotopic (exact) mass is 387 g/mol. The molecule has 138 valence electrons. The number of para-hydroxylation sites is 2. The van der Waals surface area contributed by atoms with E-state index in [2.05, 4.69) is 9.98 Å². The molecular formula is C22H17N3O2S. The molecule has 1 aliphatic heterocycles. The normalized spacial score (nSPS) is 16.9. The lowest BCUT2D eigenvalue weighted by molar-refractivity contribution is -0.113. The van der Waals surface area contributed by atoms with Crippen LogP contribution >= 0.6 is 11.8 Å². The second-order valence-corrected chi connectivity index (χ2v) is 7.19. The minimum absolute atomic E-state index is 0.125. The lowest BCUT2D eigenvalue weighted by atomic mass is 10.2. The zero-order chi connectivity index (χ0) is 19.5. The van der Waals surface area contributed by atoms with Gasteiger partial charge >= 0.3 is 0 Å². The summed E-state index contributed by atoms with van der Waals surface area (Å²) in [5.74, 6) is 0.478. The first kappa shape index (κ1) is 18.0. The van der Waals surface area contributed by atoms with Gasteiger partial charge in [-0.25, -0.2) is 9.98 Å². The van der Waals surface area contributed by atoms with Crippen molar-refractivity contribution in [3.8, 4) is 5.75 Å². The predicted molar refractivity (Wildman–Crippen MR) is 114 cm³/mol. The van der Waals surface area contributed by atoms with Gasteiger partial charge in [-0.1, -0.05) is 42.5 Å². The van der Waals surface area contributed by atoms with Crippen molar-refractivity contribution in [2.75, 3.05) is 4.90 Å². The number of amides is 1.